The van der Waals surface area contributed by atoms with Crippen LogP contribution >= 0.6 is 0 Å². The highest BCUT2D eigenvalue weighted by molar-refractivity contribution is 5.78. The molecule has 1 aliphatic rings. The van der Waals surface area contributed by atoms with Crippen molar-refractivity contribution in [2.75, 3.05) is 36.8 Å². The van der Waals surface area contributed by atoms with Crippen LogP contribution in [0.15, 0.2) is 103 Å². The molecule has 2 heterocycles. The maximum atomic E-state index is 6.20. The highest BCUT2D eigenvalue weighted by Gasteiger charge is 2.19. The fourth-order valence-corrected chi connectivity index (χ4v) is 5.22. The number of aromatic nitrogens is 2. The summed E-state index contributed by atoms with van der Waals surface area (Å²) in [5.74, 6) is 0.560. The van der Waals surface area contributed by atoms with Gasteiger partial charge in [0.15, 0.2) is 0 Å². The van der Waals surface area contributed by atoms with Crippen LogP contribution in [0.25, 0.3) is 22.2 Å². The summed E-state index contributed by atoms with van der Waals surface area (Å²) in [4.78, 5) is 9.55. The van der Waals surface area contributed by atoms with Crippen LogP contribution in [0.3, 0.4) is 0 Å². The molecule has 5 heteroatoms. The molecule has 0 spiro atoms. The molecule has 0 radical (unpaired) electrons. The van der Waals surface area contributed by atoms with E-state index < -0.39 is 0 Å². The predicted molar refractivity (Wildman–Crippen MR) is 149 cm³/mol. The molecule has 1 aromatic heterocycles. The second-order valence-electron chi connectivity index (χ2n) is 9.50. The molecule has 0 saturated carbocycles. The van der Waals surface area contributed by atoms with E-state index >= 15 is 0 Å². The Bertz CT molecular complexity index is 1450. The number of benzene rings is 4. The zero-order chi connectivity index (χ0) is 24.3. The minimum Gasteiger partial charge on any atom is -0.369 e. The van der Waals surface area contributed by atoms with Crippen molar-refractivity contribution in [3.8, 4) is 11.1 Å². The minimum atomic E-state index is 0.560. The van der Waals surface area contributed by atoms with Gasteiger partial charge in [-0.15, -0.1) is 0 Å². The molecule has 36 heavy (non-hydrogen) atoms. The van der Waals surface area contributed by atoms with Crippen LogP contribution in [-0.4, -0.2) is 40.6 Å². The van der Waals surface area contributed by atoms with Crippen LogP contribution < -0.4 is 10.6 Å². The van der Waals surface area contributed by atoms with Gasteiger partial charge in [-0.1, -0.05) is 78.9 Å². The first-order valence-corrected chi connectivity index (χ1v) is 12.6. The van der Waals surface area contributed by atoms with E-state index in [1.807, 2.05) is 18.2 Å². The Morgan fingerprint density at radius 3 is 2.17 bits per heavy atom. The number of anilines is 2. The van der Waals surface area contributed by atoms with Gasteiger partial charge in [-0.05, 0) is 46.5 Å². The molecule has 1 saturated heterocycles. The third-order valence-electron chi connectivity index (χ3n) is 7.19. The number of hydrogen-bond donors (Lipinski definition) is 1. The molecule has 0 bridgehead atoms. The van der Waals surface area contributed by atoms with Gasteiger partial charge >= 0.3 is 0 Å². The topological polar surface area (TPSA) is 50.3 Å². The van der Waals surface area contributed by atoms with E-state index in [0.717, 1.165) is 50.3 Å². The van der Waals surface area contributed by atoms with E-state index in [4.69, 9.17) is 5.73 Å². The lowest BCUT2D eigenvalue weighted by molar-refractivity contribution is 0.250. The monoisotopic (exact) mass is 473 g/mol. The number of nitrogen functional groups attached to an aromatic ring is 1. The van der Waals surface area contributed by atoms with Gasteiger partial charge in [0.25, 0.3) is 0 Å². The third-order valence-corrected chi connectivity index (χ3v) is 7.19. The van der Waals surface area contributed by atoms with Crippen molar-refractivity contribution in [3.05, 3.63) is 114 Å². The Kier molecular flexibility index (Phi) is 6.14. The molecule has 0 amide bonds. The standard InChI is InChI=1S/C31H31N5/c32-31-33-29-12-6-7-13-30(29)36(31)22-24-14-16-27(17-15-24)35-20-18-34(19-21-35)23-26-10-4-5-11-28(26)25-8-2-1-3-9-25/h1-17H,18-23H2,(H2,32,33). The van der Waals surface area contributed by atoms with Gasteiger partial charge in [0.05, 0.1) is 17.6 Å². The zero-order valence-electron chi connectivity index (χ0n) is 20.4. The summed E-state index contributed by atoms with van der Waals surface area (Å²) < 4.78 is 2.08. The highest BCUT2D eigenvalue weighted by Crippen LogP contribution is 2.26. The largest absolute Gasteiger partial charge is 0.369 e. The van der Waals surface area contributed by atoms with Gasteiger partial charge in [0, 0.05) is 38.4 Å². The van der Waals surface area contributed by atoms with Crippen molar-refractivity contribution in [1.82, 2.24) is 14.5 Å². The van der Waals surface area contributed by atoms with Crippen LogP contribution in [0.4, 0.5) is 11.6 Å². The second kappa shape index (κ2) is 9.88. The molecule has 5 aromatic rings. The van der Waals surface area contributed by atoms with E-state index in [9.17, 15) is 0 Å². The number of nitrogens with zero attached hydrogens (tertiary/aromatic N) is 4. The number of rotatable bonds is 6. The lowest BCUT2D eigenvalue weighted by Crippen LogP contribution is -2.46. The number of imidazole rings is 1. The maximum Gasteiger partial charge on any atom is 0.201 e. The third kappa shape index (κ3) is 4.58. The van der Waals surface area contributed by atoms with E-state index in [-0.39, 0.29) is 0 Å². The Morgan fingerprint density at radius 1 is 0.667 bits per heavy atom. The first-order chi connectivity index (χ1) is 17.7. The molecule has 180 valence electrons. The summed E-state index contributed by atoms with van der Waals surface area (Å²) in [6, 6.07) is 36.5. The average molecular weight is 474 g/mol. The van der Waals surface area contributed by atoms with Gasteiger partial charge in [-0.25, -0.2) is 4.98 Å². The fourth-order valence-electron chi connectivity index (χ4n) is 5.22. The summed E-state index contributed by atoms with van der Waals surface area (Å²) in [6.45, 7) is 5.89. The fraction of sp³-hybridized carbons (Fsp3) is 0.194. The molecule has 1 aliphatic heterocycles. The molecule has 0 atom stereocenters. The van der Waals surface area contributed by atoms with E-state index in [1.54, 1.807) is 0 Å². The molecule has 1 fully saturated rings. The average Bonchev–Trinajstić information content (AvgIpc) is 3.25. The number of para-hydroxylation sites is 2. The van der Waals surface area contributed by atoms with Crippen LogP contribution in [-0.2, 0) is 13.1 Å². The predicted octanol–water partition coefficient (Wildman–Crippen LogP) is 5.66. The van der Waals surface area contributed by atoms with Crippen LogP contribution in [0.1, 0.15) is 11.1 Å². The lowest BCUT2D eigenvalue weighted by Gasteiger charge is -2.36. The summed E-state index contributed by atoms with van der Waals surface area (Å²) in [5.41, 5.74) is 14.7. The quantitative estimate of drug-likeness (QED) is 0.346. The highest BCUT2D eigenvalue weighted by atomic mass is 15.3. The molecular weight excluding hydrogens is 442 g/mol. The smallest absolute Gasteiger partial charge is 0.201 e. The van der Waals surface area contributed by atoms with Crippen LogP contribution in [0, 0.1) is 0 Å². The number of fused-ring (bicyclic) bond motifs is 1. The SMILES string of the molecule is Nc1nc2ccccc2n1Cc1ccc(N2CCN(Cc3ccccc3-c3ccccc3)CC2)cc1. The van der Waals surface area contributed by atoms with Crippen LogP contribution in [0.5, 0.6) is 0 Å². The van der Waals surface area contributed by atoms with E-state index in [2.05, 4.69) is 104 Å². The maximum absolute atomic E-state index is 6.20. The first-order valence-electron chi connectivity index (χ1n) is 12.6. The van der Waals surface area contributed by atoms with E-state index in [0.29, 0.717) is 5.95 Å². The van der Waals surface area contributed by atoms with Crippen molar-refractivity contribution >= 4 is 22.7 Å². The second-order valence-corrected chi connectivity index (χ2v) is 9.50. The van der Waals surface area contributed by atoms with E-state index in [1.165, 1.54) is 27.9 Å². The summed E-state index contributed by atoms with van der Waals surface area (Å²) in [5, 5.41) is 0. The summed E-state index contributed by atoms with van der Waals surface area (Å²) in [6.07, 6.45) is 0. The Hall–Kier alpha value is -4.09. The normalized spacial score (nSPS) is 14.4. The van der Waals surface area contributed by atoms with Gasteiger partial charge in [0.2, 0.25) is 5.95 Å². The molecule has 5 nitrogen and oxygen atoms in total. The van der Waals surface area contributed by atoms with Gasteiger partial charge in [0.1, 0.15) is 0 Å². The summed E-state index contributed by atoms with van der Waals surface area (Å²) in [7, 11) is 0. The van der Waals surface area contributed by atoms with Crippen molar-refractivity contribution in [2.45, 2.75) is 13.1 Å². The molecule has 4 aromatic carbocycles. The van der Waals surface area contributed by atoms with Gasteiger partial charge in [-0.3, -0.25) is 4.90 Å². The molecule has 0 unspecified atom stereocenters. The number of hydrogen-bond acceptors (Lipinski definition) is 4. The number of nitrogens with two attached hydrogens (primary N) is 1. The van der Waals surface area contributed by atoms with Crippen LogP contribution in [0.2, 0.25) is 0 Å². The Labute approximate surface area is 212 Å². The van der Waals surface area contributed by atoms with Crippen molar-refractivity contribution < 1.29 is 0 Å². The van der Waals surface area contributed by atoms with Crippen molar-refractivity contribution in [3.63, 3.8) is 0 Å². The molecular formula is C31H31N5. The van der Waals surface area contributed by atoms with Gasteiger partial charge in [-0.2, -0.15) is 0 Å². The molecule has 2 N–H and O–H groups in total. The Morgan fingerprint density at radius 2 is 1.36 bits per heavy atom. The molecule has 6 rings (SSSR count). The van der Waals surface area contributed by atoms with Crippen molar-refractivity contribution in [2.24, 2.45) is 0 Å². The van der Waals surface area contributed by atoms with Gasteiger partial charge < -0.3 is 15.2 Å². The molecule has 0 aliphatic carbocycles. The first kappa shape index (κ1) is 22.4. The minimum absolute atomic E-state index is 0.560. The lowest BCUT2D eigenvalue weighted by atomic mass is 9.99. The van der Waals surface area contributed by atoms with Crippen molar-refractivity contribution in [1.29, 1.82) is 0 Å². The summed E-state index contributed by atoms with van der Waals surface area (Å²) >= 11 is 0. The number of piperazine rings is 1. The zero-order valence-corrected chi connectivity index (χ0v) is 20.4. The Balaban J connectivity index is 1.09.